The number of ether oxygens (including phenoxy) is 4. The van der Waals surface area contributed by atoms with Gasteiger partial charge in [0.1, 0.15) is 44.4 Å². The van der Waals surface area contributed by atoms with Crippen molar-refractivity contribution in [2.45, 2.75) is 45.6 Å². The van der Waals surface area contributed by atoms with Crippen LogP contribution in [0.5, 0.6) is 34.5 Å². The van der Waals surface area contributed by atoms with E-state index in [0.717, 1.165) is 17.3 Å². The summed E-state index contributed by atoms with van der Waals surface area (Å²) >= 11 is 32.1. The smallest absolute Gasteiger partial charge is 0.190 e. The summed E-state index contributed by atoms with van der Waals surface area (Å²) in [7, 11) is -0.929. The van der Waals surface area contributed by atoms with Crippen molar-refractivity contribution in [2.24, 2.45) is 0 Å². The molecule has 4 aromatic carbocycles. The molecule has 2 aliphatic rings. The van der Waals surface area contributed by atoms with Crippen LogP contribution in [0.1, 0.15) is 25.7 Å². The minimum Gasteiger partial charge on any atom is -0.495 e. The number of Topliss-reactive ketones (excluding diaryl/α,β-unsaturated/α-hetero) is 2. The third-order valence-electron chi connectivity index (χ3n) is 7.38. The molecule has 0 saturated heterocycles. The van der Waals surface area contributed by atoms with Gasteiger partial charge in [0.2, 0.25) is 0 Å². The maximum Gasteiger partial charge on any atom is 0.190 e. The Kier molecular flexibility index (Phi) is 15.9. The molecule has 19 heteroatoms. The summed E-state index contributed by atoms with van der Waals surface area (Å²) < 4.78 is 69.0. The van der Waals surface area contributed by atoms with Crippen LogP contribution < -0.4 is 18.9 Å². The lowest BCUT2D eigenvalue weighted by molar-refractivity contribution is -0.123. The maximum atomic E-state index is 12.8. The number of benzene rings is 4. The number of hydrogen-bond acceptors (Lipinski definition) is 9. The maximum absolute atomic E-state index is 12.8. The Hall–Kier alpha value is -1.92. The highest BCUT2D eigenvalue weighted by Gasteiger charge is 2.40. The van der Waals surface area contributed by atoms with Gasteiger partial charge < -0.3 is 23.5 Å². The van der Waals surface area contributed by atoms with Gasteiger partial charge in [-0.1, -0.05) is 94.2 Å². The Morgan fingerprint density at radius 1 is 0.698 bits per heavy atom. The zero-order valence-corrected chi connectivity index (χ0v) is 36.8. The first-order chi connectivity index (χ1) is 24.9. The molecule has 2 aliphatic carbocycles. The molecule has 2 fully saturated rings. The van der Waals surface area contributed by atoms with Crippen molar-refractivity contribution < 1.29 is 45.7 Å². The van der Waals surface area contributed by atoms with Gasteiger partial charge in [-0.15, -0.1) is 0 Å². The van der Waals surface area contributed by atoms with Crippen molar-refractivity contribution >= 4 is 127 Å². The molecule has 4 aromatic rings. The molecule has 1 atom stereocenters. The first-order valence-corrected chi connectivity index (χ1v) is 21.6. The average molecular weight is 1040 g/mol. The highest BCUT2D eigenvalue weighted by atomic mass is 79.9. The molecule has 0 radical (unpaired) electrons. The van der Waals surface area contributed by atoms with Crippen LogP contribution in [-0.2, 0) is 30.5 Å². The molecule has 53 heavy (non-hydrogen) atoms. The number of sulfone groups is 1. The van der Waals surface area contributed by atoms with Crippen molar-refractivity contribution in [1.29, 1.82) is 0 Å². The van der Waals surface area contributed by atoms with Crippen LogP contribution in [0.3, 0.4) is 0 Å². The summed E-state index contributed by atoms with van der Waals surface area (Å²) in [6.45, 7) is 0. The Balaban J connectivity index is 0.000000207. The summed E-state index contributed by atoms with van der Waals surface area (Å²) in [4.78, 5) is 21.9. The summed E-state index contributed by atoms with van der Waals surface area (Å²) in [5.41, 5.74) is 0. The van der Waals surface area contributed by atoms with E-state index in [2.05, 4.69) is 47.8 Å². The SMILES string of the molecule is COc1ccc(Oc2c(Cl)cc(Br)cc2Cl)cc1S(=O)(=O)C1CC(=O)C1.COc1ccc(Oc2c(Cl)cc(Br)cc2Cl)cc1S(=O)O.O=C1CC(Br)C1. The van der Waals surface area contributed by atoms with Gasteiger partial charge in [0.15, 0.2) is 32.4 Å². The van der Waals surface area contributed by atoms with Crippen molar-refractivity contribution in [3.8, 4) is 34.5 Å². The molecule has 1 unspecified atom stereocenters. The van der Waals surface area contributed by atoms with E-state index < -0.39 is 26.2 Å². The van der Waals surface area contributed by atoms with Crippen molar-refractivity contribution in [3.63, 3.8) is 0 Å². The van der Waals surface area contributed by atoms with E-state index in [-0.39, 0.29) is 67.2 Å². The minimum atomic E-state index is -3.72. The number of methoxy groups -OCH3 is 2. The van der Waals surface area contributed by atoms with Gasteiger partial charge in [0, 0.05) is 51.6 Å². The Bertz CT molecular complexity index is 2110. The highest BCUT2D eigenvalue weighted by molar-refractivity contribution is 9.10. The van der Waals surface area contributed by atoms with Gasteiger partial charge in [-0.25, -0.2) is 12.6 Å². The largest absolute Gasteiger partial charge is 0.495 e. The summed E-state index contributed by atoms with van der Waals surface area (Å²) in [6.07, 6.45) is 1.53. The Labute approximate surface area is 353 Å². The molecule has 0 amide bonds. The van der Waals surface area contributed by atoms with Crippen LogP contribution in [0.2, 0.25) is 20.1 Å². The Morgan fingerprint density at radius 3 is 1.47 bits per heavy atom. The van der Waals surface area contributed by atoms with Crippen molar-refractivity contribution in [2.75, 3.05) is 14.2 Å². The number of alkyl halides is 1. The number of carbonyl (C=O) groups is 2. The lowest BCUT2D eigenvalue weighted by atomic mass is 9.98. The number of carbonyl (C=O) groups excluding carboxylic acids is 2. The molecule has 0 spiro atoms. The fourth-order valence-electron chi connectivity index (χ4n) is 4.57. The normalized spacial score (nSPS) is 14.8. The molecular weight excluding hydrogens is 1010 g/mol. The van der Waals surface area contributed by atoms with Gasteiger partial charge in [0.25, 0.3) is 0 Å². The lowest BCUT2D eigenvalue weighted by Crippen LogP contribution is -2.36. The van der Waals surface area contributed by atoms with Crippen LogP contribution in [0, 0.1) is 0 Å². The van der Waals surface area contributed by atoms with Crippen LogP contribution in [0.25, 0.3) is 0 Å². The second-order valence-electron chi connectivity index (χ2n) is 11.1. The predicted octanol–water partition coefficient (Wildman–Crippen LogP) is 11.3. The van der Waals surface area contributed by atoms with Crippen LogP contribution in [0.4, 0.5) is 0 Å². The number of hydrogen-bond donors (Lipinski definition) is 1. The van der Waals surface area contributed by atoms with E-state index in [4.69, 9.17) is 65.4 Å². The first-order valence-electron chi connectivity index (χ1n) is 15.0. The van der Waals surface area contributed by atoms with Crippen LogP contribution in [0.15, 0.2) is 79.4 Å². The van der Waals surface area contributed by atoms with E-state index in [0.29, 0.717) is 30.9 Å². The molecule has 2 saturated carbocycles. The second kappa shape index (κ2) is 19.3. The zero-order chi connectivity index (χ0) is 39.2. The second-order valence-corrected chi connectivity index (χ2v) is 19.0. The standard InChI is InChI=1S/C17H13BrCl2O5S.C13H9BrCl2O4S.C4H5BrO/c1-24-15-3-2-11(25-17-13(19)4-9(18)5-14(17)20)8-16(15)26(22,23)12-6-10(21)7-12;1-19-11-3-2-8(6-12(11)21(17)18)20-13-9(15)4-7(14)5-10(13)16;5-3-1-4(6)2-3/h2-5,8,12H,6-7H2,1H3;2-6H,1H3,(H,17,18);3H,1-2H2. The van der Waals surface area contributed by atoms with E-state index in [1.54, 1.807) is 36.4 Å². The average Bonchev–Trinajstić information content (AvgIpc) is 3.06. The molecule has 6 rings (SSSR count). The summed E-state index contributed by atoms with van der Waals surface area (Å²) in [6, 6.07) is 15.4. The van der Waals surface area contributed by atoms with Gasteiger partial charge in [-0.3, -0.25) is 9.59 Å². The van der Waals surface area contributed by atoms with Gasteiger partial charge in [-0.2, -0.15) is 0 Å². The van der Waals surface area contributed by atoms with Gasteiger partial charge in [-0.05, 0) is 48.5 Å². The lowest BCUT2D eigenvalue weighted by Gasteiger charge is -2.25. The van der Waals surface area contributed by atoms with E-state index >= 15 is 0 Å². The third kappa shape index (κ3) is 11.6. The quantitative estimate of drug-likeness (QED) is 0.127. The molecule has 0 aliphatic heterocycles. The molecule has 284 valence electrons. The minimum absolute atomic E-state index is 0.0148. The zero-order valence-electron chi connectivity index (χ0n) is 27.3. The predicted molar refractivity (Wildman–Crippen MR) is 216 cm³/mol. The number of rotatable bonds is 9. The molecule has 0 aromatic heterocycles. The molecule has 0 heterocycles. The summed E-state index contributed by atoms with van der Waals surface area (Å²) in [5, 5.41) is 0.441. The van der Waals surface area contributed by atoms with E-state index in [1.807, 2.05) is 0 Å². The van der Waals surface area contributed by atoms with Crippen molar-refractivity contribution in [1.82, 2.24) is 0 Å². The molecule has 1 N–H and O–H groups in total. The van der Waals surface area contributed by atoms with Gasteiger partial charge >= 0.3 is 0 Å². The fourth-order valence-corrected chi connectivity index (χ4v) is 10.3. The molecular formula is C34H27Br3Cl4O10S2. The number of halogens is 7. The van der Waals surface area contributed by atoms with E-state index in [1.165, 1.54) is 38.5 Å². The monoisotopic (exact) mass is 1040 g/mol. The van der Waals surface area contributed by atoms with Gasteiger partial charge in [0.05, 0.1) is 39.6 Å². The fraction of sp³-hybridized carbons (Fsp3) is 0.235. The van der Waals surface area contributed by atoms with E-state index in [9.17, 15) is 26.8 Å². The topological polar surface area (TPSA) is 143 Å². The highest BCUT2D eigenvalue weighted by Crippen LogP contribution is 2.42. The van der Waals surface area contributed by atoms with Crippen LogP contribution >= 0.6 is 94.2 Å². The van der Waals surface area contributed by atoms with Crippen LogP contribution in [-0.4, -0.2) is 53.0 Å². The summed E-state index contributed by atoms with van der Waals surface area (Å²) in [5.74, 6) is 1.82. The Morgan fingerprint density at radius 2 is 1.11 bits per heavy atom. The number of ketones is 2. The van der Waals surface area contributed by atoms with Crippen molar-refractivity contribution in [3.05, 3.63) is 89.7 Å². The molecule has 10 nitrogen and oxygen atoms in total. The third-order valence-corrected chi connectivity index (χ3v) is 12.9. The molecule has 0 bridgehead atoms. The first kappa shape index (κ1) is 43.8.